The maximum Gasteiger partial charge on any atom is 0.317 e. The third-order valence-electron chi connectivity index (χ3n) is 3.96. The van der Waals surface area contributed by atoms with Crippen LogP contribution < -0.4 is 10.1 Å². The molecule has 0 atom stereocenters. The number of nitrogens with zero attached hydrogens (tertiary/aromatic N) is 1. The minimum Gasteiger partial charge on any atom is -0.497 e. The molecule has 1 aliphatic heterocycles. The molecule has 0 saturated carbocycles. The fraction of sp³-hybridized carbons (Fsp3) is 0.412. The number of urea groups is 1. The third kappa shape index (κ3) is 4.82. The number of halogens is 1. The van der Waals surface area contributed by atoms with E-state index >= 15 is 0 Å². The number of piperidine rings is 1. The lowest BCUT2D eigenvalue weighted by atomic mass is 9.89. The Balaban J connectivity index is 1.86. The zero-order valence-corrected chi connectivity index (χ0v) is 14.8. The summed E-state index contributed by atoms with van der Waals surface area (Å²) >= 11 is 3.21. The zero-order valence-electron chi connectivity index (χ0n) is 13.2. The molecule has 2 rings (SSSR count). The van der Waals surface area contributed by atoms with Crippen LogP contribution in [0.25, 0.3) is 0 Å². The molecule has 23 heavy (non-hydrogen) atoms. The molecule has 0 aliphatic carbocycles. The van der Waals surface area contributed by atoms with Crippen molar-refractivity contribution in [1.82, 2.24) is 10.2 Å². The maximum atomic E-state index is 12.5. The van der Waals surface area contributed by atoms with E-state index in [-0.39, 0.29) is 17.7 Å². The summed E-state index contributed by atoms with van der Waals surface area (Å²) < 4.78 is 5.83. The molecule has 2 amide bonds. The minimum absolute atomic E-state index is 0.0291. The number of benzene rings is 1. The number of methoxy groups -OCH3 is 1. The minimum atomic E-state index is -0.110. The fourth-order valence-electron chi connectivity index (χ4n) is 2.62. The van der Waals surface area contributed by atoms with Gasteiger partial charge in [0.1, 0.15) is 5.75 Å². The van der Waals surface area contributed by atoms with Crippen LogP contribution in [0, 0.1) is 5.92 Å². The smallest absolute Gasteiger partial charge is 0.317 e. The van der Waals surface area contributed by atoms with Crippen LogP contribution >= 0.6 is 15.9 Å². The van der Waals surface area contributed by atoms with Gasteiger partial charge in [0.15, 0.2) is 5.78 Å². The van der Waals surface area contributed by atoms with Crippen molar-refractivity contribution in [3.63, 3.8) is 0 Å². The van der Waals surface area contributed by atoms with Gasteiger partial charge in [-0.15, -0.1) is 0 Å². The van der Waals surface area contributed by atoms with Crippen LogP contribution in [0.4, 0.5) is 4.79 Å². The van der Waals surface area contributed by atoms with Crippen LogP contribution in [0.5, 0.6) is 5.75 Å². The van der Waals surface area contributed by atoms with Crippen LogP contribution in [-0.2, 0) is 0 Å². The maximum absolute atomic E-state index is 12.5. The second kappa shape index (κ2) is 8.15. The van der Waals surface area contributed by atoms with Crippen molar-refractivity contribution in [1.29, 1.82) is 0 Å². The molecule has 124 valence electrons. The van der Waals surface area contributed by atoms with Crippen LogP contribution in [0.3, 0.4) is 0 Å². The van der Waals surface area contributed by atoms with Crippen molar-refractivity contribution < 1.29 is 14.3 Å². The van der Waals surface area contributed by atoms with E-state index in [1.165, 1.54) is 0 Å². The lowest BCUT2D eigenvalue weighted by Gasteiger charge is -2.31. The van der Waals surface area contributed by atoms with Gasteiger partial charge < -0.3 is 15.0 Å². The first-order valence-electron chi connectivity index (χ1n) is 7.55. The number of amides is 2. The SMILES string of the molecule is C=C(Br)CNC(=O)N1CCC(C(=O)c2ccc(OC)cc2)CC1. The molecule has 6 heteroatoms. The normalized spacial score (nSPS) is 15.1. The first kappa shape index (κ1) is 17.5. The Kier molecular flexibility index (Phi) is 6.21. The second-order valence-corrected chi connectivity index (χ2v) is 6.65. The van der Waals surface area contributed by atoms with Crippen molar-refractivity contribution in [2.24, 2.45) is 5.92 Å². The number of ketones is 1. The summed E-state index contributed by atoms with van der Waals surface area (Å²) in [7, 11) is 1.60. The predicted octanol–water partition coefficient (Wildman–Crippen LogP) is 3.21. The average molecular weight is 381 g/mol. The number of carbonyl (C=O) groups excluding carboxylic acids is 2. The van der Waals surface area contributed by atoms with Gasteiger partial charge in [-0.1, -0.05) is 22.5 Å². The molecule has 1 heterocycles. The molecule has 5 nitrogen and oxygen atoms in total. The number of hydrogen-bond acceptors (Lipinski definition) is 3. The molecule has 0 aromatic heterocycles. The molecule has 1 saturated heterocycles. The molecule has 0 spiro atoms. The first-order valence-corrected chi connectivity index (χ1v) is 8.35. The molecule has 1 fully saturated rings. The van der Waals surface area contributed by atoms with Gasteiger partial charge >= 0.3 is 6.03 Å². The second-order valence-electron chi connectivity index (χ2n) is 5.53. The fourth-order valence-corrected chi connectivity index (χ4v) is 2.76. The molecule has 1 N–H and O–H groups in total. The van der Waals surface area contributed by atoms with E-state index in [1.54, 1.807) is 36.3 Å². The van der Waals surface area contributed by atoms with E-state index in [0.29, 0.717) is 38.0 Å². The lowest BCUT2D eigenvalue weighted by Crippen LogP contribution is -2.45. The van der Waals surface area contributed by atoms with Crippen molar-refractivity contribution in [2.75, 3.05) is 26.7 Å². The predicted molar refractivity (Wildman–Crippen MR) is 93.1 cm³/mol. The molecular formula is C17H21BrN2O3. The quantitative estimate of drug-likeness (QED) is 0.797. The van der Waals surface area contributed by atoms with E-state index < -0.39 is 0 Å². The summed E-state index contributed by atoms with van der Waals surface area (Å²) in [6.07, 6.45) is 1.38. The molecule has 0 unspecified atom stereocenters. The molecule has 1 aromatic carbocycles. The number of rotatable bonds is 5. The van der Waals surface area contributed by atoms with Gasteiger partial charge in [-0.3, -0.25) is 4.79 Å². The summed E-state index contributed by atoms with van der Waals surface area (Å²) in [4.78, 5) is 26.2. The topological polar surface area (TPSA) is 58.6 Å². The Labute approximate surface area is 144 Å². The number of hydrogen-bond donors (Lipinski definition) is 1. The van der Waals surface area contributed by atoms with E-state index in [2.05, 4.69) is 27.8 Å². The summed E-state index contributed by atoms with van der Waals surface area (Å²) in [6.45, 7) is 5.27. The number of likely N-dealkylation sites (tertiary alicyclic amines) is 1. The van der Waals surface area contributed by atoms with Crippen molar-refractivity contribution >= 4 is 27.7 Å². The van der Waals surface area contributed by atoms with Gasteiger partial charge in [-0.2, -0.15) is 0 Å². The van der Waals surface area contributed by atoms with Crippen LogP contribution in [-0.4, -0.2) is 43.5 Å². The molecule has 0 bridgehead atoms. The Bertz CT molecular complexity index is 578. The largest absolute Gasteiger partial charge is 0.497 e. The zero-order chi connectivity index (χ0) is 16.8. The standard InChI is InChI=1S/C17H21BrN2O3/c1-12(18)11-19-17(22)20-9-7-14(8-10-20)16(21)13-3-5-15(23-2)6-4-13/h3-6,14H,1,7-11H2,2H3,(H,19,22). The Morgan fingerprint density at radius 2 is 1.91 bits per heavy atom. The Morgan fingerprint density at radius 3 is 2.43 bits per heavy atom. The van der Waals surface area contributed by atoms with E-state index in [1.807, 2.05) is 0 Å². The van der Waals surface area contributed by atoms with E-state index in [0.717, 1.165) is 10.2 Å². The van der Waals surface area contributed by atoms with Crippen LogP contribution in [0.1, 0.15) is 23.2 Å². The van der Waals surface area contributed by atoms with Gasteiger partial charge in [0.25, 0.3) is 0 Å². The summed E-state index contributed by atoms with van der Waals surface area (Å²) in [5.41, 5.74) is 0.698. The monoisotopic (exact) mass is 380 g/mol. The molecular weight excluding hydrogens is 360 g/mol. The number of nitrogens with one attached hydrogen (secondary N) is 1. The molecule has 0 radical (unpaired) electrons. The van der Waals surface area contributed by atoms with Gasteiger partial charge in [0, 0.05) is 29.1 Å². The van der Waals surface area contributed by atoms with Gasteiger partial charge in [0.05, 0.1) is 13.7 Å². The highest BCUT2D eigenvalue weighted by Gasteiger charge is 2.27. The van der Waals surface area contributed by atoms with Crippen molar-refractivity contribution in [3.05, 3.63) is 40.9 Å². The van der Waals surface area contributed by atoms with Gasteiger partial charge in [-0.05, 0) is 37.1 Å². The lowest BCUT2D eigenvalue weighted by molar-refractivity contribution is 0.0855. The third-order valence-corrected chi connectivity index (χ3v) is 4.24. The van der Waals surface area contributed by atoms with E-state index in [4.69, 9.17) is 4.74 Å². The van der Waals surface area contributed by atoms with Gasteiger partial charge in [-0.25, -0.2) is 4.79 Å². The summed E-state index contributed by atoms with van der Waals surface area (Å²) in [5.74, 6) is 0.849. The Morgan fingerprint density at radius 1 is 1.30 bits per heavy atom. The van der Waals surface area contributed by atoms with Crippen molar-refractivity contribution in [2.45, 2.75) is 12.8 Å². The first-order chi connectivity index (χ1) is 11.0. The molecule has 1 aliphatic rings. The highest BCUT2D eigenvalue weighted by Crippen LogP contribution is 2.23. The highest BCUT2D eigenvalue weighted by molar-refractivity contribution is 9.11. The van der Waals surface area contributed by atoms with Gasteiger partial charge in [0.2, 0.25) is 0 Å². The Hall–Kier alpha value is -1.82. The number of ether oxygens (including phenoxy) is 1. The van der Waals surface area contributed by atoms with Crippen LogP contribution in [0.15, 0.2) is 35.3 Å². The summed E-state index contributed by atoms with van der Waals surface area (Å²) in [6, 6.07) is 7.07. The number of Topliss-reactive ketones (excluding diaryl/α,β-unsaturated/α-hetero) is 1. The molecule has 1 aromatic rings. The number of carbonyl (C=O) groups is 2. The summed E-state index contributed by atoms with van der Waals surface area (Å²) in [5, 5.41) is 2.78. The van der Waals surface area contributed by atoms with Crippen molar-refractivity contribution in [3.8, 4) is 5.75 Å². The van der Waals surface area contributed by atoms with Crippen LogP contribution in [0.2, 0.25) is 0 Å². The average Bonchev–Trinajstić information content (AvgIpc) is 2.59. The highest BCUT2D eigenvalue weighted by atomic mass is 79.9. The van der Waals surface area contributed by atoms with E-state index in [9.17, 15) is 9.59 Å².